The molecule has 88 heavy (non-hydrogen) atoms. The molecule has 2 N–H and O–H groups in total. The van der Waals surface area contributed by atoms with Crippen LogP contribution in [0, 0.1) is 23.7 Å². The van der Waals surface area contributed by atoms with Crippen LogP contribution >= 0.6 is 0 Å². The molecular formula is C72H104O16. The van der Waals surface area contributed by atoms with E-state index in [0.717, 1.165) is 58.2 Å². The monoisotopic (exact) mass is 1220 g/mol. The van der Waals surface area contributed by atoms with Crippen LogP contribution in [-0.4, -0.2) is 182 Å². The zero-order chi connectivity index (χ0) is 61.5. The fourth-order valence-electron chi connectivity index (χ4n) is 18.6. The summed E-state index contributed by atoms with van der Waals surface area (Å²) in [6.45, 7) is 11.5. The number of aliphatic hydroxyl groups excluding tert-OH is 2. The van der Waals surface area contributed by atoms with E-state index in [-0.39, 0.29) is 123 Å². The maximum Gasteiger partial charge on any atom is 0.184 e. The van der Waals surface area contributed by atoms with E-state index in [4.69, 9.17) is 56.8 Å². The van der Waals surface area contributed by atoms with Crippen molar-refractivity contribution in [2.24, 2.45) is 23.7 Å². The van der Waals surface area contributed by atoms with Gasteiger partial charge in [0.05, 0.1) is 105 Å². The van der Waals surface area contributed by atoms with E-state index < -0.39 is 18.3 Å². The van der Waals surface area contributed by atoms with Crippen LogP contribution in [0.5, 0.6) is 0 Å². The van der Waals surface area contributed by atoms with E-state index in [2.05, 4.69) is 52.0 Å². The molecule has 0 aromatic heterocycles. The summed E-state index contributed by atoms with van der Waals surface area (Å²) in [4.78, 5) is 24.4. The molecule has 16 heteroatoms. The van der Waals surface area contributed by atoms with Gasteiger partial charge >= 0.3 is 0 Å². The quantitative estimate of drug-likeness (QED) is 0.109. The van der Waals surface area contributed by atoms with Gasteiger partial charge in [0.2, 0.25) is 0 Å². The third kappa shape index (κ3) is 12.4. The second kappa shape index (κ2) is 24.8. The molecule has 4 spiro atoms. The van der Waals surface area contributed by atoms with Gasteiger partial charge in [-0.25, -0.2) is 0 Å². The van der Waals surface area contributed by atoms with Gasteiger partial charge in [-0.1, -0.05) is 58.7 Å². The van der Waals surface area contributed by atoms with Crippen molar-refractivity contribution in [1.29, 1.82) is 0 Å². The molecule has 0 bridgehead atoms. The number of carbonyl (C=O) groups is 2. The molecule has 0 aromatic carbocycles. The number of carbonyl (C=O) groups excluding carboxylic acids is 2. The molecule has 0 amide bonds. The van der Waals surface area contributed by atoms with E-state index in [9.17, 15) is 19.8 Å². The maximum atomic E-state index is 12.3. The van der Waals surface area contributed by atoms with Crippen molar-refractivity contribution >= 4 is 11.6 Å². The number of Topliss-reactive ketones (excluding diaryl/α,β-unsaturated/α-hetero) is 1. The molecule has 16 rings (SSSR count). The first-order valence-electron chi connectivity index (χ1n) is 34.3. The molecule has 8 aliphatic heterocycles. The molecule has 16 nitrogen and oxygen atoms in total. The van der Waals surface area contributed by atoms with Crippen molar-refractivity contribution in [2.75, 3.05) is 54.9 Å². The van der Waals surface area contributed by atoms with Crippen LogP contribution < -0.4 is 0 Å². The van der Waals surface area contributed by atoms with Crippen molar-refractivity contribution in [3.05, 3.63) is 70.9 Å². The van der Waals surface area contributed by atoms with Crippen LogP contribution in [0.4, 0.5) is 0 Å². The molecule has 8 saturated heterocycles. The first kappa shape index (κ1) is 64.0. The van der Waals surface area contributed by atoms with E-state index in [1.807, 2.05) is 12.2 Å². The van der Waals surface area contributed by atoms with Crippen molar-refractivity contribution in [3.8, 4) is 0 Å². The summed E-state index contributed by atoms with van der Waals surface area (Å²) in [7, 11) is 6.60. The number of methoxy groups -OCH3 is 4. The number of ether oxygens (including phenoxy) is 12. The summed E-state index contributed by atoms with van der Waals surface area (Å²) >= 11 is 0. The Morgan fingerprint density at radius 1 is 0.466 bits per heavy atom. The molecule has 8 heterocycles. The van der Waals surface area contributed by atoms with E-state index >= 15 is 0 Å². The zero-order valence-electron chi connectivity index (χ0n) is 54.1. The van der Waals surface area contributed by atoms with Gasteiger partial charge < -0.3 is 67.1 Å². The highest BCUT2D eigenvalue weighted by atomic mass is 16.7. The largest absolute Gasteiger partial charge is 0.390 e. The molecular weight excluding hydrogens is 1120 g/mol. The number of epoxide rings is 8. The highest BCUT2D eigenvalue weighted by molar-refractivity contribution is 5.95. The van der Waals surface area contributed by atoms with Crippen LogP contribution in [0.1, 0.15) is 182 Å². The Morgan fingerprint density at radius 3 is 1.25 bits per heavy atom. The number of allylic oxidation sites excluding steroid dienone is 4. The minimum atomic E-state index is -0.584. The number of hydrogen-bond acceptors (Lipinski definition) is 16. The first-order chi connectivity index (χ1) is 42.4. The Balaban J connectivity index is 0.000000108. The van der Waals surface area contributed by atoms with Crippen LogP contribution in [0.3, 0.4) is 0 Å². The highest BCUT2D eigenvalue weighted by Crippen LogP contribution is 2.62. The van der Waals surface area contributed by atoms with Gasteiger partial charge in [0.1, 0.15) is 51.4 Å². The van der Waals surface area contributed by atoms with Crippen molar-refractivity contribution < 1.29 is 76.6 Å². The Bertz CT molecular complexity index is 2690. The maximum absolute atomic E-state index is 12.3. The predicted molar refractivity (Wildman–Crippen MR) is 328 cm³/mol. The second-order valence-electron chi connectivity index (χ2n) is 29.9. The fourth-order valence-corrected chi connectivity index (χ4v) is 18.6. The van der Waals surface area contributed by atoms with E-state index in [1.165, 1.54) is 103 Å². The average molecular weight is 1230 g/mol. The molecule has 16 aliphatic rings. The summed E-state index contributed by atoms with van der Waals surface area (Å²) in [6, 6.07) is 0. The lowest BCUT2D eigenvalue weighted by Crippen LogP contribution is -2.54. The second-order valence-corrected chi connectivity index (χ2v) is 29.9. The van der Waals surface area contributed by atoms with E-state index in [1.54, 1.807) is 62.9 Å². The van der Waals surface area contributed by atoms with Crippen LogP contribution in [-0.2, 0) is 66.4 Å². The standard InChI is InChI=1S/C18H28O4.2C18H26O4.C18H24O4/c4*1-17(14(22-17)8-7-12-5-3-4-6-12)16-15(20-2)13(19)9-10-18(16)11-21-18/h7,13-16,19H,3-6,8-11H2,1-2H3;7,14-16H,3-6,8-11H2,1-2H3;7,9-10,13-16,19H,3-6,8,11H2,1-2H3;7,9-10,14-16H,3-6,8,11H2,1-2H3/t13-,14-,15-,16-,17+,18+;14-,15-,16-,17+,18+;13-,14-,15-,16-,17+,18+;14-,15-,16-,17+,18+/m1111/s1. The molecule has 488 valence electrons. The van der Waals surface area contributed by atoms with Gasteiger partial charge in [-0.15, -0.1) is 0 Å². The third-order valence-corrected chi connectivity index (χ3v) is 24.4. The van der Waals surface area contributed by atoms with E-state index in [0.29, 0.717) is 19.6 Å². The van der Waals surface area contributed by atoms with Gasteiger partial charge in [-0.05, 0) is 188 Å². The lowest BCUT2D eigenvalue weighted by Gasteiger charge is -2.41. The lowest BCUT2D eigenvalue weighted by atomic mass is 9.68. The number of aliphatic hydroxyl groups is 2. The summed E-state index contributed by atoms with van der Waals surface area (Å²) in [5.74, 6) is 0.418. The topological polar surface area (TPSA) is 212 Å². The first-order valence-corrected chi connectivity index (χ1v) is 34.3. The number of rotatable bonds is 16. The summed E-state index contributed by atoms with van der Waals surface area (Å²) in [5.41, 5.74) is 4.34. The normalized spacial score (nSPS) is 48.4. The Kier molecular flexibility index (Phi) is 18.1. The minimum absolute atomic E-state index is 0.0262. The number of ketones is 2. The summed E-state index contributed by atoms with van der Waals surface area (Å²) < 4.78 is 69.9. The lowest BCUT2D eigenvalue weighted by molar-refractivity contribution is -0.142. The zero-order valence-corrected chi connectivity index (χ0v) is 54.1. The minimum Gasteiger partial charge on any atom is -0.390 e. The molecule has 14 fully saturated rings. The SMILES string of the molecule is CO[C@@H]1C(=O)C=C[C@]2(CO2)[C@H]1[C@@]1(C)O[C@@H]1CC=C1CCCC1.CO[C@@H]1C(=O)CC[C@]2(CO2)[C@H]1[C@@]1(C)O[C@@H]1CC=C1CCCC1.CO[C@@H]1[C@H](O)C=C[C@]2(CO2)[C@H]1[C@@]1(C)O[C@@H]1CC=C1CCCC1.CO[C@@H]1[C@H](O)CC[C@]2(CO2)[C@H]1[C@@]1(C)O[C@@H]1CC=C1CCCC1. The molecule has 0 aromatic rings. The molecule has 22 atom stereocenters. The molecule has 6 saturated carbocycles. The van der Waals surface area contributed by atoms with Gasteiger partial charge in [-0.3, -0.25) is 9.59 Å². The van der Waals surface area contributed by atoms with Gasteiger partial charge in [0, 0.05) is 34.9 Å². The summed E-state index contributed by atoms with van der Waals surface area (Å²) in [6.07, 6.45) is 43.0. The van der Waals surface area contributed by atoms with Gasteiger partial charge in [0.15, 0.2) is 11.6 Å². The molecule has 0 radical (unpaired) electrons. The van der Waals surface area contributed by atoms with Crippen LogP contribution in [0.15, 0.2) is 70.9 Å². The Hall–Kier alpha value is -2.78. The molecule has 8 aliphatic carbocycles. The van der Waals surface area contributed by atoms with Crippen molar-refractivity contribution in [3.63, 3.8) is 0 Å². The molecule has 0 unspecified atom stereocenters. The van der Waals surface area contributed by atoms with Crippen LogP contribution in [0.2, 0.25) is 0 Å². The van der Waals surface area contributed by atoms with Gasteiger partial charge in [-0.2, -0.15) is 0 Å². The number of hydrogen-bond donors (Lipinski definition) is 2. The Morgan fingerprint density at radius 2 is 0.852 bits per heavy atom. The predicted octanol–water partition coefficient (Wildman–Crippen LogP) is 10.3. The fraction of sp³-hybridized carbons (Fsp3) is 0.806. The third-order valence-electron chi connectivity index (χ3n) is 24.4. The highest BCUT2D eigenvalue weighted by Gasteiger charge is 2.75. The van der Waals surface area contributed by atoms with Gasteiger partial charge in [0.25, 0.3) is 0 Å². The Labute approximate surface area is 523 Å². The summed E-state index contributed by atoms with van der Waals surface area (Å²) in [5, 5.41) is 20.6. The van der Waals surface area contributed by atoms with Crippen LogP contribution in [0.25, 0.3) is 0 Å². The smallest absolute Gasteiger partial charge is 0.184 e. The van der Waals surface area contributed by atoms with Crippen molar-refractivity contribution in [2.45, 2.75) is 288 Å². The average Bonchev–Trinajstić information content (AvgIpc) is 1.59. The van der Waals surface area contributed by atoms with Crippen molar-refractivity contribution in [1.82, 2.24) is 0 Å².